The van der Waals surface area contributed by atoms with E-state index in [0.717, 1.165) is 60.9 Å². The highest BCUT2D eigenvalue weighted by atomic mass is 16.5. The molecule has 0 spiro atoms. The average molecular weight is 500 g/mol. The van der Waals surface area contributed by atoms with Crippen LogP contribution in [0.1, 0.15) is 44.1 Å². The summed E-state index contributed by atoms with van der Waals surface area (Å²) in [5.41, 5.74) is 2.71. The molecule has 1 atom stereocenters. The Labute approximate surface area is 214 Å². The van der Waals surface area contributed by atoms with Gasteiger partial charge < -0.3 is 25.5 Å². The van der Waals surface area contributed by atoms with E-state index in [1.807, 2.05) is 30.3 Å². The van der Waals surface area contributed by atoms with E-state index >= 15 is 0 Å². The Morgan fingerprint density at radius 1 is 1.16 bits per heavy atom. The van der Waals surface area contributed by atoms with E-state index in [2.05, 4.69) is 20.7 Å². The number of fused-ring (bicyclic) bond motifs is 2. The van der Waals surface area contributed by atoms with Crippen molar-refractivity contribution < 1.29 is 19.7 Å². The van der Waals surface area contributed by atoms with E-state index in [9.17, 15) is 14.9 Å². The number of hydrogen-bond acceptors (Lipinski definition) is 9. The lowest BCUT2D eigenvalue weighted by atomic mass is 9.69. The van der Waals surface area contributed by atoms with Crippen molar-refractivity contribution in [2.45, 2.75) is 56.8 Å². The molecule has 4 N–H and O–H groups in total. The van der Waals surface area contributed by atoms with Gasteiger partial charge in [-0.3, -0.25) is 4.79 Å². The van der Waals surface area contributed by atoms with Crippen LogP contribution in [0.3, 0.4) is 0 Å². The zero-order chi connectivity index (χ0) is 25.4. The third-order valence-electron chi connectivity index (χ3n) is 7.27. The SMILES string of the molecule is O=C(C1CCCN1)N1N=Cc2ccc(Nc3ncc4cccc(O[C@H]5CC[C@@H](O)CC5)c4n3)cc2B1O. The molecule has 2 fully saturated rings. The van der Waals surface area contributed by atoms with Gasteiger partial charge in [-0.1, -0.05) is 18.2 Å². The first-order valence-corrected chi connectivity index (χ1v) is 12.8. The highest BCUT2D eigenvalue weighted by Gasteiger charge is 2.37. The Morgan fingerprint density at radius 3 is 2.84 bits per heavy atom. The summed E-state index contributed by atoms with van der Waals surface area (Å²) in [7, 11) is -1.18. The number of carbonyl (C=O) groups is 1. The summed E-state index contributed by atoms with van der Waals surface area (Å²) >= 11 is 0. The highest BCUT2D eigenvalue weighted by Crippen LogP contribution is 2.29. The summed E-state index contributed by atoms with van der Waals surface area (Å²) in [6.07, 6.45) is 7.92. The maximum absolute atomic E-state index is 12.8. The Morgan fingerprint density at radius 2 is 2.03 bits per heavy atom. The fourth-order valence-electron chi connectivity index (χ4n) is 5.20. The van der Waals surface area contributed by atoms with Crippen molar-refractivity contribution in [3.05, 3.63) is 48.2 Å². The van der Waals surface area contributed by atoms with Crippen LogP contribution in [-0.2, 0) is 4.79 Å². The number of aromatic nitrogens is 2. The van der Waals surface area contributed by atoms with E-state index in [0.29, 0.717) is 28.4 Å². The maximum Gasteiger partial charge on any atom is 0.474 e. The molecule has 190 valence electrons. The van der Waals surface area contributed by atoms with Crippen LogP contribution in [-0.4, -0.2) is 69.0 Å². The third kappa shape index (κ3) is 4.89. The molecular formula is C26H29BN6O4. The second-order valence-electron chi connectivity index (χ2n) is 9.85. The molecule has 37 heavy (non-hydrogen) atoms. The number of aliphatic hydroxyl groups is 1. The minimum Gasteiger partial charge on any atom is -0.488 e. The van der Waals surface area contributed by atoms with Crippen LogP contribution in [0, 0.1) is 0 Å². The van der Waals surface area contributed by atoms with Crippen molar-refractivity contribution in [1.29, 1.82) is 0 Å². The van der Waals surface area contributed by atoms with Gasteiger partial charge in [-0.2, -0.15) is 5.10 Å². The standard InChI is InChI=1S/C26H29BN6O4/c34-19-8-10-20(11-9-19)37-23-5-1-3-17-14-29-26(32-24(17)23)31-18-7-6-16-15-30-33(27(36)21(16)13-18)25(35)22-4-2-12-28-22/h1,3,5-7,13-15,19-20,22,28,34,36H,2,4,8-12H2,(H,29,31,32)/t19-,20+,22?. The molecule has 10 nitrogen and oxygen atoms in total. The first-order valence-electron chi connectivity index (χ1n) is 12.8. The van der Waals surface area contributed by atoms with E-state index in [4.69, 9.17) is 9.72 Å². The number of anilines is 2. The van der Waals surface area contributed by atoms with Crippen LogP contribution >= 0.6 is 0 Å². The topological polar surface area (TPSA) is 132 Å². The molecule has 3 heterocycles. The molecular weight excluding hydrogens is 471 g/mol. The van der Waals surface area contributed by atoms with Crippen molar-refractivity contribution in [2.75, 3.05) is 11.9 Å². The predicted octanol–water partition coefficient (Wildman–Crippen LogP) is 1.67. The summed E-state index contributed by atoms with van der Waals surface area (Å²) in [5, 5.41) is 32.2. The molecule has 1 aromatic heterocycles. The predicted molar refractivity (Wildman–Crippen MR) is 141 cm³/mol. The number of ether oxygens (including phenoxy) is 1. The number of carbonyl (C=O) groups excluding carboxylic acids is 1. The van der Waals surface area contributed by atoms with Gasteiger partial charge in [0, 0.05) is 17.3 Å². The van der Waals surface area contributed by atoms with E-state index in [1.165, 1.54) is 0 Å². The van der Waals surface area contributed by atoms with Gasteiger partial charge in [0.25, 0.3) is 0 Å². The lowest BCUT2D eigenvalue weighted by Crippen LogP contribution is -2.56. The number of hydrazone groups is 1. The zero-order valence-electron chi connectivity index (χ0n) is 20.4. The van der Waals surface area contributed by atoms with E-state index in [1.54, 1.807) is 18.5 Å². The van der Waals surface area contributed by atoms with Crippen LogP contribution in [0.2, 0.25) is 0 Å². The van der Waals surface area contributed by atoms with Gasteiger partial charge in [-0.25, -0.2) is 14.9 Å². The third-order valence-corrected chi connectivity index (χ3v) is 7.27. The Balaban J connectivity index is 1.22. The van der Waals surface area contributed by atoms with Crippen molar-refractivity contribution in [1.82, 2.24) is 20.2 Å². The minimum absolute atomic E-state index is 0.0502. The highest BCUT2D eigenvalue weighted by molar-refractivity contribution is 6.67. The summed E-state index contributed by atoms with van der Waals surface area (Å²) < 4.78 is 6.27. The van der Waals surface area contributed by atoms with Crippen molar-refractivity contribution in [2.24, 2.45) is 5.10 Å². The van der Waals surface area contributed by atoms with Crippen molar-refractivity contribution >= 4 is 47.2 Å². The molecule has 3 aliphatic rings. The first-order chi connectivity index (χ1) is 18.0. The molecule has 1 saturated carbocycles. The second kappa shape index (κ2) is 10.1. The van der Waals surface area contributed by atoms with Gasteiger partial charge in [-0.15, -0.1) is 0 Å². The van der Waals surface area contributed by atoms with Crippen LogP contribution in [0.15, 0.2) is 47.7 Å². The van der Waals surface area contributed by atoms with Gasteiger partial charge in [-0.05, 0) is 74.3 Å². The van der Waals surface area contributed by atoms with Crippen molar-refractivity contribution in [3.63, 3.8) is 0 Å². The summed E-state index contributed by atoms with van der Waals surface area (Å²) in [6, 6.07) is 10.9. The smallest absolute Gasteiger partial charge is 0.474 e. The number of nitrogens with one attached hydrogen (secondary N) is 2. The molecule has 6 rings (SSSR count). The summed E-state index contributed by atoms with van der Waals surface area (Å²) in [4.78, 5) is 23.2. The van der Waals surface area contributed by atoms with Crippen LogP contribution < -0.4 is 20.8 Å². The number of benzene rings is 2. The van der Waals surface area contributed by atoms with Crippen LogP contribution in [0.25, 0.3) is 10.9 Å². The molecule has 11 heteroatoms. The van der Waals surface area contributed by atoms with Gasteiger partial charge in [0.2, 0.25) is 11.9 Å². The van der Waals surface area contributed by atoms with Crippen LogP contribution in [0.4, 0.5) is 11.6 Å². The van der Waals surface area contributed by atoms with Gasteiger partial charge in [0.15, 0.2) is 0 Å². The monoisotopic (exact) mass is 500 g/mol. The lowest BCUT2D eigenvalue weighted by molar-refractivity contribution is -0.129. The fourth-order valence-corrected chi connectivity index (χ4v) is 5.20. The molecule has 0 radical (unpaired) electrons. The molecule has 1 aliphatic carbocycles. The number of para-hydroxylation sites is 1. The first kappa shape index (κ1) is 23.8. The lowest BCUT2D eigenvalue weighted by Gasteiger charge is -2.27. The number of nitrogens with zero attached hydrogens (tertiary/aromatic N) is 4. The Bertz CT molecular complexity index is 1340. The number of hydrogen-bond donors (Lipinski definition) is 4. The Hall–Kier alpha value is -3.54. The Kier molecular flexibility index (Phi) is 6.50. The normalized spacial score (nSPS) is 23.2. The molecule has 2 aliphatic heterocycles. The fraction of sp³-hybridized carbons (Fsp3) is 0.385. The number of amides is 1. The number of aliphatic hydroxyl groups excluding tert-OH is 1. The zero-order valence-corrected chi connectivity index (χ0v) is 20.4. The molecule has 1 unspecified atom stereocenters. The van der Waals surface area contributed by atoms with Gasteiger partial charge in [0.05, 0.1) is 24.5 Å². The van der Waals surface area contributed by atoms with E-state index in [-0.39, 0.29) is 24.2 Å². The van der Waals surface area contributed by atoms with Gasteiger partial charge >= 0.3 is 7.05 Å². The van der Waals surface area contributed by atoms with Crippen LogP contribution in [0.5, 0.6) is 5.75 Å². The second-order valence-corrected chi connectivity index (χ2v) is 9.85. The molecule has 3 aromatic rings. The molecule has 0 bridgehead atoms. The molecule has 2 aromatic carbocycles. The van der Waals surface area contributed by atoms with Gasteiger partial charge in [0.1, 0.15) is 11.3 Å². The van der Waals surface area contributed by atoms with E-state index < -0.39 is 7.05 Å². The summed E-state index contributed by atoms with van der Waals surface area (Å²) in [6.45, 7) is 0.789. The summed E-state index contributed by atoms with van der Waals surface area (Å²) in [5.74, 6) is 0.851. The van der Waals surface area contributed by atoms with Crippen molar-refractivity contribution in [3.8, 4) is 5.75 Å². The molecule has 1 saturated heterocycles. The largest absolute Gasteiger partial charge is 0.488 e. The number of rotatable bonds is 5. The quantitative estimate of drug-likeness (QED) is 0.389. The average Bonchev–Trinajstić information content (AvgIpc) is 3.46. The molecule has 1 amide bonds. The minimum atomic E-state index is -1.18. The maximum atomic E-state index is 12.8.